The summed E-state index contributed by atoms with van der Waals surface area (Å²) in [6.07, 6.45) is 3.75. The third-order valence-corrected chi connectivity index (χ3v) is 3.09. The number of hydrogen-bond acceptors (Lipinski definition) is 4. The van der Waals surface area contributed by atoms with Crippen molar-refractivity contribution >= 4 is 11.8 Å². The van der Waals surface area contributed by atoms with Gasteiger partial charge in [0.05, 0.1) is 6.07 Å². The molecule has 0 aliphatic heterocycles. The first-order valence-electron chi connectivity index (χ1n) is 5.01. The van der Waals surface area contributed by atoms with Gasteiger partial charge in [-0.05, 0) is 44.1 Å². The summed E-state index contributed by atoms with van der Waals surface area (Å²) in [4.78, 5) is 0. The van der Waals surface area contributed by atoms with E-state index in [4.69, 9.17) is 16.1 Å². The Labute approximate surface area is 90.7 Å². The molecular formula is C10H20N2OS. The predicted molar refractivity (Wildman–Crippen MR) is 61.1 cm³/mol. The number of nitrogens with two attached hydrogens (primary N) is 1. The Hall–Kier alpha value is -0.240. The zero-order chi connectivity index (χ0) is 10.9. The second kappa shape index (κ2) is 8.10. The van der Waals surface area contributed by atoms with Crippen LogP contribution in [0.1, 0.15) is 32.6 Å². The molecule has 0 aliphatic rings. The van der Waals surface area contributed by atoms with Crippen LogP contribution in [0.2, 0.25) is 0 Å². The third kappa shape index (κ3) is 8.36. The van der Waals surface area contributed by atoms with Crippen LogP contribution in [0.3, 0.4) is 0 Å². The highest BCUT2D eigenvalue weighted by Crippen LogP contribution is 2.12. The normalized spacial score (nSPS) is 14.7. The van der Waals surface area contributed by atoms with Crippen LogP contribution in [0.4, 0.5) is 0 Å². The summed E-state index contributed by atoms with van der Waals surface area (Å²) in [5.74, 6) is 2.12. The van der Waals surface area contributed by atoms with Crippen LogP contribution in [0.25, 0.3) is 0 Å². The van der Waals surface area contributed by atoms with Crippen molar-refractivity contribution in [2.45, 2.75) is 38.1 Å². The highest BCUT2D eigenvalue weighted by atomic mass is 32.2. The van der Waals surface area contributed by atoms with E-state index in [9.17, 15) is 0 Å². The molecule has 0 saturated heterocycles. The highest BCUT2D eigenvalue weighted by Gasteiger charge is 2.15. The standard InChI is InChI=1S/C10H20N2OS/c1-10(12,9-11)5-2-3-7-14-8-4-6-13/h13H,2-8,12H2,1H3. The minimum atomic E-state index is -0.657. The van der Waals surface area contributed by atoms with Crippen molar-refractivity contribution in [3.8, 4) is 6.07 Å². The van der Waals surface area contributed by atoms with E-state index in [1.807, 2.05) is 11.8 Å². The maximum absolute atomic E-state index is 8.66. The summed E-state index contributed by atoms with van der Waals surface area (Å²) in [7, 11) is 0. The van der Waals surface area contributed by atoms with Gasteiger partial charge in [-0.2, -0.15) is 17.0 Å². The van der Waals surface area contributed by atoms with Gasteiger partial charge < -0.3 is 10.8 Å². The third-order valence-electron chi connectivity index (χ3n) is 1.94. The molecule has 0 aromatic rings. The molecule has 1 atom stereocenters. The Morgan fingerprint density at radius 3 is 2.57 bits per heavy atom. The van der Waals surface area contributed by atoms with Crippen molar-refractivity contribution in [1.82, 2.24) is 0 Å². The van der Waals surface area contributed by atoms with Gasteiger partial charge in [0.15, 0.2) is 0 Å². The van der Waals surface area contributed by atoms with E-state index in [0.717, 1.165) is 37.2 Å². The number of nitriles is 1. The molecule has 82 valence electrons. The monoisotopic (exact) mass is 216 g/mol. The molecule has 14 heavy (non-hydrogen) atoms. The minimum absolute atomic E-state index is 0.280. The average molecular weight is 216 g/mol. The van der Waals surface area contributed by atoms with Gasteiger partial charge >= 0.3 is 0 Å². The zero-order valence-electron chi connectivity index (χ0n) is 8.83. The second-order valence-electron chi connectivity index (χ2n) is 3.68. The predicted octanol–water partition coefficient (Wildman–Crippen LogP) is 1.51. The van der Waals surface area contributed by atoms with Crippen LogP contribution in [0.15, 0.2) is 0 Å². The van der Waals surface area contributed by atoms with Crippen LogP contribution in [0, 0.1) is 11.3 Å². The van der Waals surface area contributed by atoms with Gasteiger partial charge in [-0.25, -0.2) is 0 Å². The Balaban J connectivity index is 3.18. The van der Waals surface area contributed by atoms with Gasteiger partial charge in [0.2, 0.25) is 0 Å². The molecule has 0 radical (unpaired) electrons. The lowest BCUT2D eigenvalue weighted by molar-refractivity contribution is 0.296. The molecule has 4 heteroatoms. The molecule has 1 unspecified atom stereocenters. The van der Waals surface area contributed by atoms with E-state index in [1.165, 1.54) is 0 Å². The second-order valence-corrected chi connectivity index (χ2v) is 4.90. The van der Waals surface area contributed by atoms with Gasteiger partial charge in [-0.3, -0.25) is 0 Å². The smallest absolute Gasteiger partial charge is 0.101 e. The summed E-state index contributed by atoms with van der Waals surface area (Å²) in [5, 5.41) is 17.2. The van der Waals surface area contributed by atoms with Gasteiger partial charge in [-0.1, -0.05) is 0 Å². The molecule has 0 aliphatic carbocycles. The van der Waals surface area contributed by atoms with E-state index in [1.54, 1.807) is 6.92 Å². The lowest BCUT2D eigenvalue weighted by Crippen LogP contribution is -2.33. The first kappa shape index (κ1) is 13.8. The number of unbranched alkanes of at least 4 members (excludes halogenated alkanes) is 1. The molecular weight excluding hydrogens is 196 g/mol. The number of aliphatic hydroxyl groups excluding tert-OH is 1. The van der Waals surface area contributed by atoms with Crippen molar-refractivity contribution in [3.63, 3.8) is 0 Å². The first-order chi connectivity index (χ1) is 6.62. The van der Waals surface area contributed by atoms with Crippen molar-refractivity contribution < 1.29 is 5.11 Å². The molecule has 0 bridgehead atoms. The van der Waals surface area contributed by atoms with Crippen LogP contribution in [0.5, 0.6) is 0 Å². The summed E-state index contributed by atoms with van der Waals surface area (Å²) in [6, 6.07) is 2.09. The Bertz CT molecular complexity index is 177. The Morgan fingerprint density at radius 1 is 1.36 bits per heavy atom. The van der Waals surface area contributed by atoms with Crippen molar-refractivity contribution in [2.75, 3.05) is 18.1 Å². The van der Waals surface area contributed by atoms with Crippen LogP contribution >= 0.6 is 11.8 Å². The summed E-state index contributed by atoms with van der Waals surface area (Å²) >= 11 is 1.85. The van der Waals surface area contributed by atoms with E-state index in [-0.39, 0.29) is 6.61 Å². The fraction of sp³-hybridized carbons (Fsp3) is 0.900. The average Bonchev–Trinajstić information content (AvgIpc) is 2.16. The molecule has 0 saturated carbocycles. The van der Waals surface area contributed by atoms with Crippen LogP contribution < -0.4 is 5.73 Å². The summed E-state index contributed by atoms with van der Waals surface area (Å²) in [5.41, 5.74) is 5.02. The van der Waals surface area contributed by atoms with Gasteiger partial charge in [0.1, 0.15) is 5.54 Å². The molecule has 0 spiro atoms. The molecule has 0 amide bonds. The molecule has 0 aromatic carbocycles. The maximum atomic E-state index is 8.66. The number of thioether (sulfide) groups is 1. The fourth-order valence-electron chi connectivity index (χ4n) is 1.02. The molecule has 0 fully saturated rings. The van der Waals surface area contributed by atoms with E-state index < -0.39 is 5.54 Å². The minimum Gasteiger partial charge on any atom is -0.396 e. The number of nitrogens with zero attached hydrogens (tertiary/aromatic N) is 1. The quantitative estimate of drug-likeness (QED) is 0.603. The lowest BCUT2D eigenvalue weighted by Gasteiger charge is -2.14. The number of rotatable bonds is 8. The van der Waals surface area contributed by atoms with Crippen LogP contribution in [-0.2, 0) is 0 Å². The summed E-state index contributed by atoms with van der Waals surface area (Å²) in [6.45, 7) is 2.05. The van der Waals surface area contributed by atoms with E-state index in [0.29, 0.717) is 0 Å². The maximum Gasteiger partial charge on any atom is 0.101 e. The van der Waals surface area contributed by atoms with Gasteiger partial charge in [-0.15, -0.1) is 0 Å². The Morgan fingerprint density at radius 2 is 2.00 bits per heavy atom. The molecule has 0 rings (SSSR count). The molecule has 3 N–H and O–H groups in total. The molecule has 0 heterocycles. The number of aliphatic hydroxyl groups is 1. The number of hydrogen-bond donors (Lipinski definition) is 2. The first-order valence-corrected chi connectivity index (χ1v) is 6.16. The summed E-state index contributed by atoms with van der Waals surface area (Å²) < 4.78 is 0. The van der Waals surface area contributed by atoms with E-state index in [2.05, 4.69) is 6.07 Å². The molecule has 3 nitrogen and oxygen atoms in total. The van der Waals surface area contributed by atoms with Gasteiger partial charge in [0, 0.05) is 6.61 Å². The Kier molecular flexibility index (Phi) is 7.96. The van der Waals surface area contributed by atoms with Gasteiger partial charge in [0.25, 0.3) is 0 Å². The van der Waals surface area contributed by atoms with E-state index >= 15 is 0 Å². The molecule has 0 aromatic heterocycles. The topological polar surface area (TPSA) is 70.0 Å². The van der Waals surface area contributed by atoms with Crippen molar-refractivity contribution in [3.05, 3.63) is 0 Å². The van der Waals surface area contributed by atoms with Crippen molar-refractivity contribution in [2.24, 2.45) is 5.73 Å². The highest BCUT2D eigenvalue weighted by molar-refractivity contribution is 7.99. The fourth-order valence-corrected chi connectivity index (χ4v) is 1.97. The SMILES string of the molecule is CC(N)(C#N)CCCCSCCCO. The largest absolute Gasteiger partial charge is 0.396 e. The van der Waals surface area contributed by atoms with Crippen molar-refractivity contribution in [1.29, 1.82) is 5.26 Å². The zero-order valence-corrected chi connectivity index (χ0v) is 9.65. The lowest BCUT2D eigenvalue weighted by atomic mass is 9.99. The van der Waals surface area contributed by atoms with Crippen LogP contribution in [-0.4, -0.2) is 28.8 Å².